The van der Waals surface area contributed by atoms with Gasteiger partial charge in [0.2, 0.25) is 0 Å². The maximum atomic E-state index is 13.5. The van der Waals surface area contributed by atoms with E-state index in [1.165, 1.54) is 12.0 Å². The Hall–Kier alpha value is -2.48. The molecule has 3 aromatic carbocycles. The Morgan fingerprint density at radius 1 is 1.03 bits per heavy atom. The minimum atomic E-state index is -1.97. The van der Waals surface area contributed by atoms with Crippen molar-refractivity contribution >= 4 is 49.2 Å². The molecule has 31 heavy (non-hydrogen) atoms. The van der Waals surface area contributed by atoms with Crippen molar-refractivity contribution in [1.29, 1.82) is 0 Å². The zero-order chi connectivity index (χ0) is 22.2. The third-order valence-electron chi connectivity index (χ3n) is 5.37. The smallest absolute Gasteiger partial charge is 0.264 e. The van der Waals surface area contributed by atoms with E-state index >= 15 is 0 Å². The number of benzene rings is 3. The molecule has 1 aliphatic heterocycles. The molecule has 1 unspecified atom stereocenters. The predicted octanol–water partition coefficient (Wildman–Crippen LogP) is 5.23. The highest BCUT2D eigenvalue weighted by Gasteiger charge is 2.51. The number of fused-ring (bicyclic) bond motifs is 1. The van der Waals surface area contributed by atoms with Crippen LogP contribution in [0.3, 0.4) is 0 Å². The van der Waals surface area contributed by atoms with Gasteiger partial charge in [-0.25, -0.2) is 0 Å². The molecular weight excluding hydrogens is 526 g/mol. The van der Waals surface area contributed by atoms with Gasteiger partial charge in [0.15, 0.2) is 11.4 Å². The number of amides is 1. The molecule has 0 saturated heterocycles. The third-order valence-corrected chi connectivity index (χ3v) is 6.39. The minimum Gasteiger partial charge on any atom is -0.496 e. The lowest BCUT2D eigenvalue weighted by molar-refractivity contribution is -0.136. The lowest BCUT2D eigenvalue weighted by Gasteiger charge is -2.23. The number of ketones is 1. The Kier molecular flexibility index (Phi) is 6.01. The van der Waals surface area contributed by atoms with Crippen LogP contribution in [0, 0.1) is 0 Å². The molecule has 1 atom stereocenters. The number of halogens is 2. The molecule has 158 valence electrons. The number of hydrogen-bond acceptors (Lipinski definition) is 4. The van der Waals surface area contributed by atoms with Crippen molar-refractivity contribution < 1.29 is 19.4 Å². The summed E-state index contributed by atoms with van der Waals surface area (Å²) < 4.78 is 6.93. The van der Waals surface area contributed by atoms with E-state index in [0.717, 1.165) is 10.0 Å². The molecule has 3 aromatic rings. The molecule has 5 nitrogen and oxygen atoms in total. The molecule has 0 radical (unpaired) electrons. The Morgan fingerprint density at radius 2 is 1.71 bits per heavy atom. The first-order chi connectivity index (χ1) is 14.8. The average molecular weight is 545 g/mol. The molecule has 1 amide bonds. The summed E-state index contributed by atoms with van der Waals surface area (Å²) in [7, 11) is 1.48. The van der Waals surface area contributed by atoms with E-state index in [1.54, 1.807) is 36.4 Å². The Balaban J connectivity index is 1.72. The molecule has 1 N–H and O–H groups in total. The van der Waals surface area contributed by atoms with Crippen molar-refractivity contribution in [3.05, 3.63) is 92.4 Å². The lowest BCUT2D eigenvalue weighted by Crippen LogP contribution is -2.41. The molecule has 7 heteroatoms. The quantitative estimate of drug-likeness (QED) is 0.432. The molecule has 0 fully saturated rings. The van der Waals surface area contributed by atoms with E-state index < -0.39 is 11.5 Å². The second-order valence-electron chi connectivity index (χ2n) is 7.34. The zero-order valence-electron chi connectivity index (χ0n) is 16.6. The van der Waals surface area contributed by atoms with E-state index in [4.69, 9.17) is 4.74 Å². The maximum Gasteiger partial charge on any atom is 0.264 e. The van der Waals surface area contributed by atoms with Crippen LogP contribution < -0.4 is 9.64 Å². The van der Waals surface area contributed by atoms with Gasteiger partial charge in [-0.05, 0) is 48.0 Å². The van der Waals surface area contributed by atoms with Crippen molar-refractivity contribution in [1.82, 2.24) is 0 Å². The highest BCUT2D eigenvalue weighted by Crippen LogP contribution is 2.45. The van der Waals surface area contributed by atoms with Gasteiger partial charge in [0.25, 0.3) is 5.91 Å². The van der Waals surface area contributed by atoms with E-state index in [0.29, 0.717) is 27.0 Å². The largest absolute Gasteiger partial charge is 0.496 e. The fraction of sp³-hybridized carbons (Fsp3) is 0.167. The molecule has 0 aliphatic carbocycles. The van der Waals surface area contributed by atoms with Crippen LogP contribution in [0.2, 0.25) is 0 Å². The number of carbonyl (C=O) groups excluding carboxylic acids is 2. The second-order valence-corrected chi connectivity index (χ2v) is 9.17. The van der Waals surface area contributed by atoms with Crippen molar-refractivity contribution in [2.75, 3.05) is 12.0 Å². The molecule has 0 bridgehead atoms. The van der Waals surface area contributed by atoms with E-state index in [1.807, 2.05) is 30.3 Å². The average Bonchev–Trinajstić information content (AvgIpc) is 2.96. The van der Waals surface area contributed by atoms with Crippen molar-refractivity contribution in [2.45, 2.75) is 18.6 Å². The molecule has 0 saturated carbocycles. The summed E-state index contributed by atoms with van der Waals surface area (Å²) in [6.45, 7) is 0.284. The predicted molar refractivity (Wildman–Crippen MR) is 125 cm³/mol. The first-order valence-corrected chi connectivity index (χ1v) is 11.2. The van der Waals surface area contributed by atoms with Gasteiger partial charge in [0.1, 0.15) is 5.75 Å². The SMILES string of the molecule is COc1ccccc1C(=O)CC1(O)C(=O)N(Cc2ccc(Br)cc2)c2ccc(Br)cc21. The van der Waals surface area contributed by atoms with Crippen LogP contribution in [0.15, 0.2) is 75.7 Å². The van der Waals surface area contributed by atoms with Gasteiger partial charge < -0.3 is 14.7 Å². The number of aliphatic hydroxyl groups is 1. The summed E-state index contributed by atoms with van der Waals surface area (Å²) in [6, 6.07) is 19.7. The first kappa shape index (κ1) is 21.7. The number of nitrogens with zero attached hydrogens (tertiary/aromatic N) is 1. The summed E-state index contributed by atoms with van der Waals surface area (Å²) in [4.78, 5) is 28.1. The normalized spacial score (nSPS) is 17.5. The van der Waals surface area contributed by atoms with Gasteiger partial charge in [-0.3, -0.25) is 9.59 Å². The first-order valence-electron chi connectivity index (χ1n) is 9.58. The number of Topliss-reactive ketones (excluding diaryl/α,β-unsaturated/α-hetero) is 1. The summed E-state index contributed by atoms with van der Waals surface area (Å²) in [5.41, 5.74) is 0.269. The molecule has 1 heterocycles. The standard InChI is InChI=1S/C24H19Br2NO4/c1-31-22-5-3-2-4-18(22)21(28)13-24(30)19-12-17(26)10-11-20(19)27(23(24)29)14-15-6-8-16(25)9-7-15/h2-12,30H,13-14H2,1H3. The van der Waals surface area contributed by atoms with E-state index in [9.17, 15) is 14.7 Å². The van der Waals surface area contributed by atoms with Crippen LogP contribution in [-0.4, -0.2) is 23.9 Å². The fourth-order valence-electron chi connectivity index (χ4n) is 3.83. The molecule has 4 rings (SSSR count). The van der Waals surface area contributed by atoms with Crippen LogP contribution in [0.4, 0.5) is 5.69 Å². The number of rotatable bonds is 6. The van der Waals surface area contributed by atoms with Crippen molar-refractivity contribution in [2.24, 2.45) is 0 Å². The number of hydrogen-bond donors (Lipinski definition) is 1. The van der Waals surface area contributed by atoms with E-state index in [2.05, 4.69) is 31.9 Å². The van der Waals surface area contributed by atoms with Crippen molar-refractivity contribution in [3.63, 3.8) is 0 Å². The Bertz CT molecular complexity index is 1160. The number of carbonyl (C=O) groups is 2. The number of para-hydroxylation sites is 1. The summed E-state index contributed by atoms with van der Waals surface area (Å²) in [5.74, 6) is -0.487. The van der Waals surface area contributed by atoms with Crippen molar-refractivity contribution in [3.8, 4) is 5.75 Å². The van der Waals surface area contributed by atoms with Gasteiger partial charge in [-0.1, -0.05) is 56.1 Å². The van der Waals surface area contributed by atoms with Crippen LogP contribution in [-0.2, 0) is 16.9 Å². The zero-order valence-corrected chi connectivity index (χ0v) is 19.8. The summed E-state index contributed by atoms with van der Waals surface area (Å²) in [6.07, 6.45) is -0.382. The van der Waals surface area contributed by atoms with Gasteiger partial charge in [-0.15, -0.1) is 0 Å². The van der Waals surface area contributed by atoms with Crippen LogP contribution in [0.1, 0.15) is 27.9 Å². The summed E-state index contributed by atoms with van der Waals surface area (Å²) in [5, 5.41) is 11.5. The molecule has 0 spiro atoms. The van der Waals surface area contributed by atoms with Crippen LogP contribution >= 0.6 is 31.9 Å². The highest BCUT2D eigenvalue weighted by molar-refractivity contribution is 9.10. The van der Waals surface area contributed by atoms with E-state index in [-0.39, 0.29) is 18.7 Å². The number of ether oxygens (including phenoxy) is 1. The molecule has 0 aromatic heterocycles. The van der Waals surface area contributed by atoms with Gasteiger partial charge in [-0.2, -0.15) is 0 Å². The second kappa shape index (κ2) is 8.57. The summed E-state index contributed by atoms with van der Waals surface area (Å²) >= 11 is 6.82. The fourth-order valence-corrected chi connectivity index (χ4v) is 4.45. The monoisotopic (exact) mass is 543 g/mol. The Morgan fingerprint density at radius 3 is 2.42 bits per heavy atom. The topological polar surface area (TPSA) is 66.8 Å². The van der Waals surface area contributed by atoms with Gasteiger partial charge in [0.05, 0.1) is 31.3 Å². The van der Waals surface area contributed by atoms with Crippen LogP contribution in [0.25, 0.3) is 0 Å². The minimum absolute atomic E-state index is 0.284. The van der Waals surface area contributed by atoms with Gasteiger partial charge >= 0.3 is 0 Å². The van der Waals surface area contributed by atoms with Crippen LogP contribution in [0.5, 0.6) is 5.75 Å². The third kappa shape index (κ3) is 4.05. The number of anilines is 1. The number of methoxy groups -OCH3 is 1. The highest BCUT2D eigenvalue weighted by atomic mass is 79.9. The Labute approximate surface area is 196 Å². The maximum absolute atomic E-state index is 13.5. The lowest BCUT2D eigenvalue weighted by atomic mass is 9.88. The van der Waals surface area contributed by atoms with Gasteiger partial charge in [0, 0.05) is 14.5 Å². The molecular formula is C24H19Br2NO4. The molecule has 1 aliphatic rings.